The number of hydrogen-bond acceptors (Lipinski definition) is 5. The number of amides is 1. The van der Waals surface area contributed by atoms with Crippen LogP contribution in [0.15, 0.2) is 149 Å². The summed E-state index contributed by atoms with van der Waals surface area (Å²) in [6.07, 6.45) is -0.411. The number of nitrogens with zero attached hydrogens (tertiary/aromatic N) is 1. The predicted octanol–water partition coefficient (Wildman–Crippen LogP) is 8.34. The van der Waals surface area contributed by atoms with Crippen LogP contribution in [-0.4, -0.2) is 36.1 Å². The van der Waals surface area contributed by atoms with Gasteiger partial charge in [0.2, 0.25) is 0 Å². The number of amidine groups is 1. The highest BCUT2D eigenvalue weighted by Crippen LogP contribution is 2.50. The molecule has 0 aliphatic carbocycles. The molecule has 236 valence electrons. The number of ether oxygens (including phenoxy) is 2. The van der Waals surface area contributed by atoms with Gasteiger partial charge in [0.15, 0.2) is 5.17 Å². The van der Waals surface area contributed by atoms with Crippen LogP contribution in [0.5, 0.6) is 0 Å². The summed E-state index contributed by atoms with van der Waals surface area (Å²) in [4.78, 5) is 18.2. The van der Waals surface area contributed by atoms with Gasteiger partial charge in [-0.2, -0.15) is 0 Å². The van der Waals surface area contributed by atoms with E-state index in [9.17, 15) is 4.79 Å². The van der Waals surface area contributed by atoms with Crippen LogP contribution in [0.1, 0.15) is 32.6 Å². The summed E-state index contributed by atoms with van der Waals surface area (Å²) in [5.41, 5.74) is 1.91. The van der Waals surface area contributed by atoms with E-state index in [4.69, 9.17) is 14.5 Å². The Morgan fingerprint density at radius 3 is 2.00 bits per heavy atom. The minimum atomic E-state index is -1.07. The summed E-state index contributed by atoms with van der Waals surface area (Å²) >= 11 is 4.98. The Morgan fingerprint density at radius 2 is 1.43 bits per heavy atom. The quantitative estimate of drug-likeness (QED) is 0.165. The van der Waals surface area contributed by atoms with E-state index < -0.39 is 17.2 Å². The van der Waals surface area contributed by atoms with Crippen LogP contribution < -0.4 is 5.32 Å². The van der Waals surface area contributed by atoms with Crippen molar-refractivity contribution in [1.82, 2.24) is 5.32 Å². The summed E-state index contributed by atoms with van der Waals surface area (Å²) in [5, 5.41) is 3.40. The molecule has 2 heterocycles. The third-order valence-corrected chi connectivity index (χ3v) is 10.4. The first-order valence-electron chi connectivity index (χ1n) is 15.5. The van der Waals surface area contributed by atoms with E-state index in [1.807, 2.05) is 72.8 Å². The second kappa shape index (κ2) is 13.6. The molecule has 47 heavy (non-hydrogen) atoms. The van der Waals surface area contributed by atoms with Crippen LogP contribution in [0, 0.1) is 11.7 Å². The van der Waals surface area contributed by atoms with Gasteiger partial charge in [0.1, 0.15) is 17.0 Å². The van der Waals surface area contributed by atoms with Gasteiger partial charge in [0.25, 0.3) is 5.91 Å². The molecule has 5 nitrogen and oxygen atoms in total. The Balaban J connectivity index is 1.27. The molecule has 2 aliphatic rings. The summed E-state index contributed by atoms with van der Waals surface area (Å²) in [6, 6.07) is 44.5. The number of carbonyl (C=O) groups excluding carboxylic acids is 1. The molecule has 0 spiro atoms. The molecule has 0 bridgehead atoms. The average Bonchev–Trinajstić information content (AvgIpc) is 3.50. The topological polar surface area (TPSA) is 59.9 Å². The van der Waals surface area contributed by atoms with Gasteiger partial charge in [-0.05, 0) is 47.0 Å². The van der Waals surface area contributed by atoms with Crippen molar-refractivity contribution in [2.45, 2.75) is 17.2 Å². The summed E-state index contributed by atoms with van der Waals surface area (Å²) in [7, 11) is 0. The standard InChI is InChI=1S/C39H32BrFN2O3S/c40-31-21-22-34(41)32(23-31)38-26-45-35(33(38)25-47-37(43-38)42-36(44)27-13-5-1-6-14-27)24-46-39(28-15-7-2-8-16-28,29-17-9-3-10-18-29)30-19-11-4-12-20-30/h1-23,33,35H,24-26H2,(H,42,43,44)/t33-,35-,38-/m0/s1. The molecule has 0 saturated carbocycles. The number of hydrogen-bond donors (Lipinski definition) is 1. The molecule has 5 aromatic carbocycles. The Morgan fingerprint density at radius 1 is 0.872 bits per heavy atom. The lowest BCUT2D eigenvalue weighted by atomic mass is 9.78. The van der Waals surface area contributed by atoms with Gasteiger partial charge in [0, 0.05) is 27.3 Å². The Labute approximate surface area is 286 Å². The highest BCUT2D eigenvalue weighted by atomic mass is 79.9. The monoisotopic (exact) mass is 706 g/mol. The van der Waals surface area contributed by atoms with Crippen LogP contribution >= 0.6 is 27.7 Å². The fraction of sp³-hybridized carbons (Fsp3) is 0.179. The number of thioether (sulfide) groups is 1. The number of rotatable bonds is 8. The zero-order valence-corrected chi connectivity index (χ0v) is 27.8. The Kier molecular flexibility index (Phi) is 9.10. The van der Waals surface area contributed by atoms with E-state index in [-0.39, 0.29) is 30.9 Å². The molecule has 3 atom stereocenters. The lowest BCUT2D eigenvalue weighted by Gasteiger charge is -2.39. The zero-order valence-electron chi connectivity index (χ0n) is 25.4. The first-order valence-corrected chi connectivity index (χ1v) is 17.2. The van der Waals surface area contributed by atoms with Gasteiger partial charge in [-0.25, -0.2) is 9.38 Å². The van der Waals surface area contributed by atoms with E-state index in [1.54, 1.807) is 24.3 Å². The minimum Gasteiger partial charge on any atom is -0.372 e. The normalized spacial score (nSPS) is 20.7. The largest absolute Gasteiger partial charge is 0.372 e. The molecule has 0 unspecified atom stereocenters. The molecule has 1 N–H and O–H groups in total. The molecular weight excluding hydrogens is 675 g/mol. The van der Waals surface area contributed by atoms with E-state index in [0.29, 0.717) is 22.0 Å². The second-order valence-corrected chi connectivity index (χ2v) is 13.6. The van der Waals surface area contributed by atoms with Crippen molar-refractivity contribution >= 4 is 38.8 Å². The van der Waals surface area contributed by atoms with Gasteiger partial charge in [-0.1, -0.05) is 137 Å². The molecule has 1 saturated heterocycles. The van der Waals surface area contributed by atoms with Crippen molar-refractivity contribution in [2.75, 3.05) is 19.0 Å². The van der Waals surface area contributed by atoms with Gasteiger partial charge in [-0.3, -0.25) is 4.79 Å². The zero-order chi connectivity index (χ0) is 32.3. The molecule has 0 radical (unpaired) electrons. The lowest BCUT2D eigenvalue weighted by Crippen LogP contribution is -2.46. The molecule has 1 amide bonds. The highest BCUT2D eigenvalue weighted by molar-refractivity contribution is 9.10. The molecular formula is C39H32BrFN2O3S. The minimum absolute atomic E-state index is 0.138. The van der Waals surface area contributed by atoms with Crippen molar-refractivity contribution in [1.29, 1.82) is 0 Å². The fourth-order valence-corrected chi connectivity index (χ4v) is 8.22. The molecule has 7 rings (SSSR count). The third kappa shape index (κ3) is 6.07. The van der Waals surface area contributed by atoms with Gasteiger partial charge >= 0.3 is 0 Å². The van der Waals surface area contributed by atoms with Crippen molar-refractivity contribution in [2.24, 2.45) is 10.9 Å². The molecule has 2 aliphatic heterocycles. The maximum atomic E-state index is 15.7. The number of halogens is 2. The summed E-state index contributed by atoms with van der Waals surface area (Å²) in [6.45, 7) is 0.363. The van der Waals surface area contributed by atoms with Crippen LogP contribution in [0.25, 0.3) is 0 Å². The van der Waals surface area contributed by atoms with Crippen LogP contribution in [-0.2, 0) is 20.6 Å². The number of carbonyl (C=O) groups is 1. The van der Waals surface area contributed by atoms with Crippen LogP contribution in [0.4, 0.5) is 4.39 Å². The van der Waals surface area contributed by atoms with Crippen molar-refractivity contribution in [3.05, 3.63) is 178 Å². The number of benzene rings is 5. The molecule has 5 aromatic rings. The van der Waals surface area contributed by atoms with Crippen LogP contribution in [0.2, 0.25) is 0 Å². The lowest BCUT2D eigenvalue weighted by molar-refractivity contribution is -0.0536. The van der Waals surface area contributed by atoms with Crippen molar-refractivity contribution < 1.29 is 18.7 Å². The molecule has 8 heteroatoms. The number of fused-ring (bicyclic) bond motifs is 1. The average molecular weight is 708 g/mol. The maximum absolute atomic E-state index is 15.7. The van der Waals surface area contributed by atoms with Gasteiger partial charge in [-0.15, -0.1) is 0 Å². The summed E-state index contributed by atoms with van der Waals surface area (Å²) in [5.74, 6) is -0.339. The van der Waals surface area contributed by atoms with E-state index in [0.717, 1.165) is 21.2 Å². The third-order valence-electron chi connectivity index (χ3n) is 8.94. The molecule has 1 fully saturated rings. The Bertz CT molecular complexity index is 1780. The van der Waals surface area contributed by atoms with Crippen LogP contribution in [0.3, 0.4) is 0 Å². The Hall–Kier alpha value is -4.08. The van der Waals surface area contributed by atoms with Gasteiger partial charge < -0.3 is 14.8 Å². The van der Waals surface area contributed by atoms with E-state index in [2.05, 4.69) is 57.6 Å². The number of nitrogens with one attached hydrogen (secondary N) is 1. The summed E-state index contributed by atoms with van der Waals surface area (Å²) < 4.78 is 30.2. The van der Waals surface area contributed by atoms with E-state index in [1.165, 1.54) is 17.8 Å². The second-order valence-electron chi connectivity index (χ2n) is 11.6. The van der Waals surface area contributed by atoms with Crippen molar-refractivity contribution in [3.63, 3.8) is 0 Å². The predicted molar refractivity (Wildman–Crippen MR) is 188 cm³/mol. The highest BCUT2D eigenvalue weighted by Gasteiger charge is 2.55. The van der Waals surface area contributed by atoms with Crippen molar-refractivity contribution in [3.8, 4) is 0 Å². The SMILES string of the molecule is O=C(NC1=N[C@]2(c3cc(Br)ccc3F)CO[C@@H](COC(c3ccccc3)(c3ccccc3)c3ccccc3)[C@@H]2CS1)c1ccccc1. The van der Waals surface area contributed by atoms with Gasteiger partial charge in [0.05, 0.1) is 19.3 Å². The first kappa shape index (κ1) is 31.5. The smallest absolute Gasteiger partial charge is 0.257 e. The first-order chi connectivity index (χ1) is 23.0. The van der Waals surface area contributed by atoms with E-state index >= 15 is 4.39 Å². The number of aliphatic imine (C=N–C) groups is 1. The molecule has 0 aromatic heterocycles. The maximum Gasteiger partial charge on any atom is 0.257 e. The fourth-order valence-electron chi connectivity index (χ4n) is 6.64.